The minimum atomic E-state index is -3.74. The van der Waals surface area contributed by atoms with E-state index in [2.05, 4.69) is 9.82 Å². The van der Waals surface area contributed by atoms with E-state index in [9.17, 15) is 8.42 Å². The van der Waals surface area contributed by atoms with Crippen LogP contribution in [-0.4, -0.2) is 25.3 Å². The highest BCUT2D eigenvalue weighted by atomic mass is 32.2. The molecule has 8 heteroatoms. The summed E-state index contributed by atoms with van der Waals surface area (Å²) in [6.07, 6.45) is 0. The Hall–Kier alpha value is -2.06. The molecule has 0 fully saturated rings. The number of hydrogen-bond acceptors (Lipinski definition) is 5. The van der Waals surface area contributed by atoms with Crippen molar-refractivity contribution >= 4 is 15.8 Å². The van der Waals surface area contributed by atoms with Crippen LogP contribution in [0.3, 0.4) is 0 Å². The van der Waals surface area contributed by atoms with Crippen LogP contribution in [0.25, 0.3) is 0 Å². The van der Waals surface area contributed by atoms with Crippen molar-refractivity contribution in [2.45, 2.75) is 18.4 Å². The second-order valence-corrected chi connectivity index (χ2v) is 6.26. The summed E-state index contributed by atoms with van der Waals surface area (Å²) >= 11 is 0. The van der Waals surface area contributed by atoms with Crippen LogP contribution in [-0.2, 0) is 23.6 Å². The topological polar surface area (TPSA) is 99.2 Å². The quantitative estimate of drug-likeness (QED) is 0.851. The molecule has 0 unspecified atom stereocenters. The lowest BCUT2D eigenvalue weighted by atomic mass is 10.2. The largest absolute Gasteiger partial charge is 0.496 e. The Labute approximate surface area is 123 Å². The maximum atomic E-state index is 12.4. The van der Waals surface area contributed by atoms with Gasteiger partial charge < -0.3 is 10.5 Å². The van der Waals surface area contributed by atoms with Crippen molar-refractivity contribution in [1.29, 1.82) is 0 Å². The van der Waals surface area contributed by atoms with Gasteiger partial charge >= 0.3 is 0 Å². The SMILES string of the molecule is COc1ccccc1CNS(=O)(=O)c1c(C)nn(C)c1N. The van der Waals surface area contributed by atoms with Crippen molar-refractivity contribution in [3.05, 3.63) is 35.5 Å². The Morgan fingerprint density at radius 1 is 1.38 bits per heavy atom. The predicted octanol–water partition coefficient (Wildman–Crippen LogP) is 0.798. The van der Waals surface area contributed by atoms with Crippen LogP contribution in [0.5, 0.6) is 5.75 Å². The van der Waals surface area contributed by atoms with E-state index in [-0.39, 0.29) is 17.3 Å². The number of nitrogen functional groups attached to an aromatic ring is 1. The van der Waals surface area contributed by atoms with Crippen LogP contribution >= 0.6 is 0 Å². The second-order valence-electron chi connectivity index (χ2n) is 4.56. The van der Waals surface area contributed by atoms with Crippen molar-refractivity contribution in [1.82, 2.24) is 14.5 Å². The lowest BCUT2D eigenvalue weighted by Gasteiger charge is -2.10. The van der Waals surface area contributed by atoms with Crippen molar-refractivity contribution in [3.63, 3.8) is 0 Å². The van der Waals surface area contributed by atoms with Gasteiger partial charge in [0.05, 0.1) is 12.8 Å². The summed E-state index contributed by atoms with van der Waals surface area (Å²) in [5.41, 5.74) is 6.87. The molecule has 1 heterocycles. The van der Waals surface area contributed by atoms with Crippen molar-refractivity contribution in [3.8, 4) is 5.75 Å². The maximum Gasteiger partial charge on any atom is 0.246 e. The molecule has 0 saturated heterocycles. The fraction of sp³-hybridized carbons (Fsp3) is 0.308. The van der Waals surface area contributed by atoms with Gasteiger partial charge in [0.15, 0.2) is 0 Å². The number of para-hydroxylation sites is 1. The predicted molar refractivity (Wildman–Crippen MR) is 79.4 cm³/mol. The molecule has 0 radical (unpaired) electrons. The molecular formula is C13H18N4O3S. The zero-order chi connectivity index (χ0) is 15.6. The number of aryl methyl sites for hydroxylation is 2. The monoisotopic (exact) mass is 310 g/mol. The summed E-state index contributed by atoms with van der Waals surface area (Å²) in [6.45, 7) is 1.72. The van der Waals surface area contributed by atoms with Crippen LogP contribution in [0.15, 0.2) is 29.2 Å². The van der Waals surface area contributed by atoms with E-state index in [0.29, 0.717) is 11.4 Å². The number of benzene rings is 1. The van der Waals surface area contributed by atoms with Gasteiger partial charge in [-0.15, -0.1) is 0 Å². The van der Waals surface area contributed by atoms with Crippen molar-refractivity contribution in [2.24, 2.45) is 7.05 Å². The minimum absolute atomic E-state index is 0.0138. The second kappa shape index (κ2) is 5.74. The molecule has 1 aromatic carbocycles. The summed E-state index contributed by atoms with van der Waals surface area (Å²) in [7, 11) is -0.601. The van der Waals surface area contributed by atoms with Crippen LogP contribution in [0.2, 0.25) is 0 Å². The Bertz CT molecular complexity index is 753. The van der Waals surface area contributed by atoms with E-state index in [1.807, 2.05) is 12.1 Å². The molecule has 1 aromatic heterocycles. The lowest BCUT2D eigenvalue weighted by Crippen LogP contribution is -2.24. The van der Waals surface area contributed by atoms with Gasteiger partial charge in [0.2, 0.25) is 10.0 Å². The molecule has 0 spiro atoms. The number of rotatable bonds is 5. The number of anilines is 1. The number of nitrogens with one attached hydrogen (secondary N) is 1. The third-order valence-corrected chi connectivity index (χ3v) is 4.69. The molecule has 0 aliphatic rings. The molecule has 0 saturated carbocycles. The van der Waals surface area contributed by atoms with Gasteiger partial charge in [0.1, 0.15) is 16.5 Å². The molecule has 0 atom stereocenters. The number of ether oxygens (including phenoxy) is 1. The Morgan fingerprint density at radius 2 is 2.05 bits per heavy atom. The summed E-state index contributed by atoms with van der Waals surface area (Å²) in [5.74, 6) is 0.733. The third kappa shape index (κ3) is 3.01. The van der Waals surface area contributed by atoms with Gasteiger partial charge in [0, 0.05) is 19.2 Å². The van der Waals surface area contributed by atoms with Gasteiger partial charge in [-0.25, -0.2) is 13.1 Å². The summed E-state index contributed by atoms with van der Waals surface area (Å²) in [4.78, 5) is 0.0138. The van der Waals surface area contributed by atoms with Crippen LogP contribution in [0.4, 0.5) is 5.82 Å². The average molecular weight is 310 g/mol. The Morgan fingerprint density at radius 3 is 2.62 bits per heavy atom. The number of sulfonamides is 1. The van der Waals surface area contributed by atoms with E-state index in [1.165, 1.54) is 11.8 Å². The first-order valence-corrected chi connectivity index (χ1v) is 7.75. The smallest absolute Gasteiger partial charge is 0.246 e. The van der Waals surface area contributed by atoms with E-state index in [0.717, 1.165) is 5.56 Å². The third-order valence-electron chi connectivity index (χ3n) is 3.12. The van der Waals surface area contributed by atoms with Gasteiger partial charge in [0.25, 0.3) is 0 Å². The molecule has 2 aromatic rings. The maximum absolute atomic E-state index is 12.4. The fourth-order valence-corrected chi connectivity index (χ4v) is 3.41. The fourth-order valence-electron chi connectivity index (χ4n) is 2.08. The number of nitrogens with zero attached hydrogens (tertiary/aromatic N) is 2. The lowest BCUT2D eigenvalue weighted by molar-refractivity contribution is 0.409. The zero-order valence-electron chi connectivity index (χ0n) is 12.1. The van der Waals surface area contributed by atoms with E-state index >= 15 is 0 Å². The normalized spacial score (nSPS) is 11.6. The Kier molecular flexibility index (Phi) is 4.19. The average Bonchev–Trinajstić information content (AvgIpc) is 2.70. The van der Waals surface area contributed by atoms with Crippen molar-refractivity contribution < 1.29 is 13.2 Å². The number of methoxy groups -OCH3 is 1. The highest BCUT2D eigenvalue weighted by molar-refractivity contribution is 7.89. The van der Waals surface area contributed by atoms with Gasteiger partial charge in [-0.05, 0) is 13.0 Å². The summed E-state index contributed by atoms with van der Waals surface area (Å²) in [5, 5.41) is 4.01. The van der Waals surface area contributed by atoms with Crippen LogP contribution in [0.1, 0.15) is 11.3 Å². The Balaban J connectivity index is 2.26. The van der Waals surface area contributed by atoms with Gasteiger partial charge in [-0.1, -0.05) is 18.2 Å². The molecule has 0 bridgehead atoms. The first kappa shape index (κ1) is 15.3. The van der Waals surface area contributed by atoms with Gasteiger partial charge in [-0.3, -0.25) is 4.68 Å². The highest BCUT2D eigenvalue weighted by Gasteiger charge is 2.24. The zero-order valence-corrected chi connectivity index (χ0v) is 12.9. The molecule has 114 valence electrons. The van der Waals surface area contributed by atoms with Gasteiger partial charge in [-0.2, -0.15) is 5.10 Å². The van der Waals surface area contributed by atoms with Crippen LogP contribution in [0, 0.1) is 6.92 Å². The molecule has 0 aliphatic heterocycles. The number of hydrogen-bond donors (Lipinski definition) is 2. The highest BCUT2D eigenvalue weighted by Crippen LogP contribution is 2.22. The summed E-state index contributed by atoms with van der Waals surface area (Å²) < 4.78 is 33.8. The summed E-state index contributed by atoms with van der Waals surface area (Å²) in [6, 6.07) is 7.20. The first-order chi connectivity index (χ1) is 9.86. The molecule has 0 amide bonds. The van der Waals surface area contributed by atoms with Crippen molar-refractivity contribution in [2.75, 3.05) is 12.8 Å². The molecule has 21 heavy (non-hydrogen) atoms. The molecule has 0 aliphatic carbocycles. The molecule has 7 nitrogen and oxygen atoms in total. The van der Waals surface area contributed by atoms with E-state index < -0.39 is 10.0 Å². The van der Waals surface area contributed by atoms with E-state index in [4.69, 9.17) is 10.5 Å². The number of nitrogens with two attached hydrogens (primary N) is 1. The minimum Gasteiger partial charge on any atom is -0.496 e. The first-order valence-electron chi connectivity index (χ1n) is 6.27. The molecular weight excluding hydrogens is 292 g/mol. The van der Waals surface area contributed by atoms with Crippen LogP contribution < -0.4 is 15.2 Å². The number of aromatic nitrogens is 2. The standard InChI is InChI=1S/C13H18N4O3S/c1-9-12(13(14)17(2)16-9)21(18,19)15-8-10-6-4-5-7-11(10)20-3/h4-7,15H,8,14H2,1-3H3. The molecule has 3 N–H and O–H groups in total. The molecule has 2 rings (SSSR count). The van der Waals surface area contributed by atoms with E-state index in [1.54, 1.807) is 26.1 Å².